The highest BCUT2D eigenvalue weighted by atomic mass is 14.2. The average molecular weight is 250 g/mol. The third kappa shape index (κ3) is 5.59. The molecule has 0 bridgehead atoms. The lowest BCUT2D eigenvalue weighted by Gasteiger charge is -2.20. The number of hydrogen-bond acceptors (Lipinski definition) is 0. The molecule has 0 amide bonds. The molecule has 1 rings (SSSR count). The van der Waals surface area contributed by atoms with Crippen LogP contribution in [-0.2, 0) is 0 Å². The molecule has 1 atom stereocenters. The highest BCUT2D eigenvalue weighted by Gasteiger charge is 2.14. The molecule has 0 heteroatoms. The molecule has 0 radical (unpaired) electrons. The maximum Gasteiger partial charge on any atom is -0.0229 e. The molecule has 0 saturated carbocycles. The van der Waals surface area contributed by atoms with Crippen molar-refractivity contribution >= 4 is 0 Å². The molecule has 1 unspecified atom stereocenters. The molecule has 0 heterocycles. The Morgan fingerprint density at radius 3 is 2.22 bits per heavy atom. The van der Waals surface area contributed by atoms with Gasteiger partial charge in [0.25, 0.3) is 0 Å². The minimum Gasteiger partial charge on any atom is -0.0710 e. The van der Waals surface area contributed by atoms with Gasteiger partial charge in [0.15, 0.2) is 0 Å². The zero-order valence-electron chi connectivity index (χ0n) is 13.1. The van der Waals surface area contributed by atoms with Crippen molar-refractivity contribution in [1.82, 2.24) is 0 Å². The highest BCUT2D eigenvalue weighted by molar-refractivity contribution is 5.17. The predicted octanol–water partition coefficient (Wildman–Crippen LogP) is 6.65. The normalized spacial score (nSPS) is 20.2. The van der Waals surface area contributed by atoms with E-state index in [0.717, 1.165) is 5.92 Å². The van der Waals surface area contributed by atoms with Crippen LogP contribution >= 0.6 is 0 Å². The summed E-state index contributed by atoms with van der Waals surface area (Å²) in [5.74, 6) is 0.851. The summed E-state index contributed by atoms with van der Waals surface area (Å²) in [4.78, 5) is 0. The van der Waals surface area contributed by atoms with Crippen LogP contribution in [0.15, 0.2) is 11.1 Å². The third-order valence-corrected chi connectivity index (χ3v) is 4.64. The Bertz CT molecular complexity index is 236. The fourth-order valence-corrected chi connectivity index (χ4v) is 3.39. The van der Waals surface area contributed by atoms with Gasteiger partial charge in [-0.2, -0.15) is 0 Å². The zero-order chi connectivity index (χ0) is 13.2. The third-order valence-electron chi connectivity index (χ3n) is 4.64. The molecule has 0 aromatic carbocycles. The second kappa shape index (κ2) is 9.64. The van der Waals surface area contributed by atoms with Crippen LogP contribution in [-0.4, -0.2) is 0 Å². The van der Waals surface area contributed by atoms with Gasteiger partial charge in [-0.05, 0) is 44.4 Å². The first-order valence-corrected chi connectivity index (χ1v) is 8.50. The molecular formula is C18H34. The van der Waals surface area contributed by atoms with Crippen LogP contribution in [0.1, 0.15) is 97.8 Å². The van der Waals surface area contributed by atoms with Crippen molar-refractivity contribution in [2.24, 2.45) is 5.92 Å². The maximum absolute atomic E-state index is 2.48. The Morgan fingerprint density at radius 2 is 1.56 bits per heavy atom. The van der Waals surface area contributed by atoms with Gasteiger partial charge < -0.3 is 0 Å². The van der Waals surface area contributed by atoms with Crippen LogP contribution in [0.25, 0.3) is 0 Å². The molecular weight excluding hydrogens is 216 g/mol. The van der Waals surface area contributed by atoms with Crippen molar-refractivity contribution in [3.8, 4) is 0 Å². The van der Waals surface area contributed by atoms with Crippen LogP contribution in [0.3, 0.4) is 0 Å². The number of hydrogen-bond donors (Lipinski definition) is 0. The highest BCUT2D eigenvalue weighted by Crippen LogP contribution is 2.31. The maximum atomic E-state index is 2.48. The predicted molar refractivity (Wildman–Crippen MR) is 82.9 cm³/mol. The van der Waals surface area contributed by atoms with E-state index in [1.807, 2.05) is 11.1 Å². The lowest BCUT2D eigenvalue weighted by molar-refractivity contribution is 0.523. The first kappa shape index (κ1) is 15.8. The average Bonchev–Trinajstić information content (AvgIpc) is 2.50. The SMILES string of the molecule is CCCCCC(C)C1=C(CC)CCCCCCC1. The van der Waals surface area contributed by atoms with Crippen molar-refractivity contribution in [1.29, 1.82) is 0 Å². The lowest BCUT2D eigenvalue weighted by atomic mass is 9.86. The monoisotopic (exact) mass is 250 g/mol. The van der Waals surface area contributed by atoms with E-state index in [2.05, 4.69) is 20.8 Å². The van der Waals surface area contributed by atoms with Gasteiger partial charge in [0.2, 0.25) is 0 Å². The van der Waals surface area contributed by atoms with Gasteiger partial charge in [0, 0.05) is 0 Å². The van der Waals surface area contributed by atoms with Crippen LogP contribution in [0.4, 0.5) is 0 Å². The van der Waals surface area contributed by atoms with Crippen molar-refractivity contribution in [2.45, 2.75) is 97.8 Å². The van der Waals surface area contributed by atoms with E-state index >= 15 is 0 Å². The smallest absolute Gasteiger partial charge is 0.0229 e. The largest absolute Gasteiger partial charge is 0.0710 e. The molecule has 0 saturated heterocycles. The summed E-state index contributed by atoms with van der Waals surface area (Å²) in [6, 6.07) is 0. The molecule has 18 heavy (non-hydrogen) atoms. The summed E-state index contributed by atoms with van der Waals surface area (Å²) < 4.78 is 0. The standard InChI is InChI=1S/C18H34/c1-4-6-10-13-16(3)18-15-12-9-7-8-11-14-17(18)5-2/h16H,4-15H2,1-3H3. The molecule has 1 aliphatic carbocycles. The fraction of sp³-hybridized carbons (Fsp3) is 0.889. The van der Waals surface area contributed by atoms with Gasteiger partial charge in [-0.15, -0.1) is 0 Å². The number of rotatable bonds is 6. The van der Waals surface area contributed by atoms with Gasteiger partial charge >= 0.3 is 0 Å². The number of unbranched alkanes of at least 4 members (excludes halogenated alkanes) is 2. The Hall–Kier alpha value is -0.260. The van der Waals surface area contributed by atoms with E-state index in [9.17, 15) is 0 Å². The van der Waals surface area contributed by atoms with E-state index in [1.54, 1.807) is 0 Å². The summed E-state index contributed by atoms with van der Waals surface area (Å²) in [7, 11) is 0. The molecule has 106 valence electrons. The molecule has 0 aliphatic heterocycles. The van der Waals surface area contributed by atoms with E-state index in [1.165, 1.54) is 77.0 Å². The molecule has 1 aliphatic rings. The summed E-state index contributed by atoms with van der Waals surface area (Å²) in [6.45, 7) is 7.16. The first-order valence-electron chi connectivity index (χ1n) is 8.50. The Morgan fingerprint density at radius 1 is 0.889 bits per heavy atom. The van der Waals surface area contributed by atoms with Crippen molar-refractivity contribution in [3.05, 3.63) is 11.1 Å². The minimum atomic E-state index is 0.851. The van der Waals surface area contributed by atoms with E-state index in [-0.39, 0.29) is 0 Å². The van der Waals surface area contributed by atoms with Gasteiger partial charge in [0.1, 0.15) is 0 Å². The van der Waals surface area contributed by atoms with Gasteiger partial charge in [0.05, 0.1) is 0 Å². The van der Waals surface area contributed by atoms with Gasteiger partial charge in [-0.3, -0.25) is 0 Å². The van der Waals surface area contributed by atoms with Crippen LogP contribution in [0, 0.1) is 5.92 Å². The Kier molecular flexibility index (Phi) is 8.46. The minimum absolute atomic E-state index is 0.851. The molecule has 0 N–H and O–H groups in total. The Labute approximate surface area is 115 Å². The Balaban J connectivity index is 2.62. The van der Waals surface area contributed by atoms with E-state index in [0.29, 0.717) is 0 Å². The van der Waals surface area contributed by atoms with E-state index in [4.69, 9.17) is 0 Å². The summed E-state index contributed by atoms with van der Waals surface area (Å²) in [6.07, 6.45) is 17.0. The molecule has 0 fully saturated rings. The quantitative estimate of drug-likeness (QED) is 0.365. The van der Waals surface area contributed by atoms with Crippen LogP contribution in [0.2, 0.25) is 0 Å². The van der Waals surface area contributed by atoms with Gasteiger partial charge in [-0.1, -0.05) is 70.4 Å². The summed E-state index contributed by atoms with van der Waals surface area (Å²) in [5, 5.41) is 0. The lowest BCUT2D eigenvalue weighted by Crippen LogP contribution is -2.04. The topological polar surface area (TPSA) is 0 Å². The summed E-state index contributed by atoms with van der Waals surface area (Å²) >= 11 is 0. The van der Waals surface area contributed by atoms with Crippen molar-refractivity contribution in [2.75, 3.05) is 0 Å². The van der Waals surface area contributed by atoms with Crippen molar-refractivity contribution < 1.29 is 0 Å². The molecule has 0 spiro atoms. The van der Waals surface area contributed by atoms with Crippen LogP contribution in [0.5, 0.6) is 0 Å². The van der Waals surface area contributed by atoms with Crippen molar-refractivity contribution in [3.63, 3.8) is 0 Å². The molecule has 0 aromatic heterocycles. The first-order chi connectivity index (χ1) is 8.79. The second-order valence-electron chi connectivity index (χ2n) is 6.15. The van der Waals surface area contributed by atoms with E-state index < -0.39 is 0 Å². The molecule has 0 nitrogen and oxygen atoms in total. The molecule has 0 aromatic rings. The summed E-state index contributed by atoms with van der Waals surface area (Å²) in [5.41, 5.74) is 3.68. The van der Waals surface area contributed by atoms with Crippen LogP contribution < -0.4 is 0 Å². The fourth-order valence-electron chi connectivity index (χ4n) is 3.39. The van der Waals surface area contributed by atoms with Gasteiger partial charge in [-0.25, -0.2) is 0 Å². The zero-order valence-corrected chi connectivity index (χ0v) is 13.1. The number of allylic oxidation sites excluding steroid dienone is 2. The second-order valence-corrected chi connectivity index (χ2v) is 6.15.